The largest absolute Gasteiger partial charge is 0.808 e. The zero-order valence-corrected chi connectivity index (χ0v) is 42.6. The van der Waals surface area contributed by atoms with Gasteiger partial charge in [0, 0.05) is 65.8 Å². The maximum Gasteiger partial charge on any atom is 0.808 e. The Balaban J connectivity index is 1.56. The van der Waals surface area contributed by atoms with Crippen molar-refractivity contribution in [3.05, 3.63) is 35.5 Å². The highest BCUT2D eigenvalue weighted by Crippen LogP contribution is 2.42. The van der Waals surface area contributed by atoms with Gasteiger partial charge in [-0.15, -0.1) is 4.72 Å². The normalized spacial score (nSPS) is 19.7. The van der Waals surface area contributed by atoms with Crippen LogP contribution in [0.1, 0.15) is 126 Å². The Morgan fingerprint density at radius 2 is 1.33 bits per heavy atom. The lowest BCUT2D eigenvalue weighted by molar-refractivity contribution is 0.266. The van der Waals surface area contributed by atoms with Crippen LogP contribution in [0.3, 0.4) is 0 Å². The van der Waals surface area contributed by atoms with Crippen LogP contribution in [0.4, 0.5) is 11.5 Å². The SMILES string of the molecule is CC(C)(C)[S+]([O-])NC1CCN(CCO[Si](C)(C)C(C)(C)C)c2nc(O[P+](=O)Oc3ccc4c(n3)C(CCO[Si](C)(C)C(C)(C)C)CCN4N[S+]([O-])C(C)(C)C)ccc21. The summed E-state index contributed by atoms with van der Waals surface area (Å²) in [7, 11) is -6.65. The van der Waals surface area contributed by atoms with Gasteiger partial charge in [-0.2, -0.15) is 4.98 Å². The molecule has 0 bridgehead atoms. The van der Waals surface area contributed by atoms with Crippen LogP contribution >= 0.6 is 8.25 Å². The number of hydrazine groups is 1. The first kappa shape index (κ1) is 49.2. The first-order chi connectivity index (χ1) is 26.5. The molecule has 2 aromatic rings. The number of hydrogen-bond acceptors (Lipinski definition) is 13. The van der Waals surface area contributed by atoms with Gasteiger partial charge in [0.2, 0.25) is 0 Å². The van der Waals surface area contributed by atoms with Crippen molar-refractivity contribution in [2.75, 3.05) is 42.8 Å². The molecule has 2 aromatic heterocycles. The minimum atomic E-state index is -2.72. The van der Waals surface area contributed by atoms with E-state index in [-0.39, 0.29) is 33.8 Å². The summed E-state index contributed by atoms with van der Waals surface area (Å²) in [6.45, 7) is 37.0. The van der Waals surface area contributed by atoms with Crippen LogP contribution in [0, 0.1) is 0 Å². The molecule has 328 valence electrons. The molecule has 0 spiro atoms. The van der Waals surface area contributed by atoms with Crippen molar-refractivity contribution in [1.82, 2.24) is 19.5 Å². The molecule has 0 radical (unpaired) electrons. The molecule has 5 unspecified atom stereocenters. The number of fused-ring (bicyclic) bond motifs is 2. The number of nitrogens with one attached hydrogen (secondary N) is 2. The van der Waals surface area contributed by atoms with E-state index >= 15 is 0 Å². The highest BCUT2D eigenvalue weighted by atomic mass is 32.2. The van der Waals surface area contributed by atoms with E-state index in [1.165, 1.54) is 0 Å². The maximum absolute atomic E-state index is 13.5. The number of anilines is 2. The van der Waals surface area contributed by atoms with Gasteiger partial charge < -0.3 is 22.9 Å². The second-order valence-electron chi connectivity index (χ2n) is 20.5. The highest BCUT2D eigenvalue weighted by molar-refractivity contribution is 7.91. The number of nitrogens with zero attached hydrogens (tertiary/aromatic N) is 4. The molecule has 0 fully saturated rings. The van der Waals surface area contributed by atoms with Crippen molar-refractivity contribution in [2.45, 2.75) is 160 Å². The van der Waals surface area contributed by atoms with Gasteiger partial charge in [0.25, 0.3) is 11.8 Å². The summed E-state index contributed by atoms with van der Waals surface area (Å²) in [6.07, 6.45) is 2.25. The summed E-state index contributed by atoms with van der Waals surface area (Å²) in [5, 5.41) is 2.07. The Morgan fingerprint density at radius 1 is 0.776 bits per heavy atom. The Morgan fingerprint density at radius 3 is 1.90 bits per heavy atom. The molecular formula is C40H72N6O7PS2Si2+. The molecule has 0 amide bonds. The lowest BCUT2D eigenvalue weighted by Crippen LogP contribution is -2.51. The topological polar surface area (TPSA) is 156 Å². The van der Waals surface area contributed by atoms with Crippen LogP contribution in [0.15, 0.2) is 24.3 Å². The second-order valence-corrected chi connectivity index (χ2v) is 34.8. The summed E-state index contributed by atoms with van der Waals surface area (Å²) < 4.78 is 67.0. The second kappa shape index (κ2) is 18.9. The lowest BCUT2D eigenvalue weighted by Gasteiger charge is -2.39. The first-order valence-corrected chi connectivity index (χ1v) is 29.7. The zero-order chi connectivity index (χ0) is 43.6. The smallest absolute Gasteiger partial charge is 0.598 e. The van der Waals surface area contributed by atoms with Gasteiger partial charge in [-0.3, -0.25) is 5.01 Å². The fourth-order valence-corrected chi connectivity index (χ4v) is 10.0. The standard InChI is InChI=1S/C40H72N6O7PS2Si2/c1-37(2,3)55(48)43-31-22-24-45(26-28-51-58(15,16)40(10,11)12)36-30(31)17-19-34(42-36)53-54(47)52-33-20-18-32-35(41-33)29(23-27-50-57(13,14)39(7,8)9)21-25-46(32)44-56(49)38(4,5)6/h17-20,29,31,43-44H,21-28H2,1-16H3/q+1. The van der Waals surface area contributed by atoms with Gasteiger partial charge in [0.1, 0.15) is 15.3 Å². The third-order valence-corrected chi connectivity index (χ3v) is 24.6. The highest BCUT2D eigenvalue weighted by Gasteiger charge is 2.41. The van der Waals surface area contributed by atoms with E-state index in [9.17, 15) is 13.7 Å². The monoisotopic (exact) mass is 899 g/mol. The molecule has 4 rings (SSSR count). The van der Waals surface area contributed by atoms with Gasteiger partial charge in [-0.1, -0.05) is 41.5 Å². The van der Waals surface area contributed by atoms with E-state index in [2.05, 4.69) is 82.2 Å². The predicted molar refractivity (Wildman–Crippen MR) is 245 cm³/mol. The molecule has 0 aliphatic carbocycles. The summed E-state index contributed by atoms with van der Waals surface area (Å²) >= 11 is -2.63. The summed E-state index contributed by atoms with van der Waals surface area (Å²) in [6, 6.07) is 6.92. The fourth-order valence-electron chi connectivity index (χ4n) is 5.87. The number of rotatable bonds is 16. The van der Waals surface area contributed by atoms with Crippen LogP contribution in [0.2, 0.25) is 36.3 Å². The van der Waals surface area contributed by atoms with Crippen molar-refractivity contribution in [3.8, 4) is 11.8 Å². The van der Waals surface area contributed by atoms with E-state index in [1.54, 1.807) is 12.1 Å². The van der Waals surface area contributed by atoms with E-state index in [4.69, 9.17) is 27.9 Å². The summed E-state index contributed by atoms with van der Waals surface area (Å²) in [5.74, 6) is 1.02. The summed E-state index contributed by atoms with van der Waals surface area (Å²) in [5.41, 5.74) is 2.46. The Kier molecular flexibility index (Phi) is 16.0. The molecule has 18 heteroatoms. The maximum atomic E-state index is 13.5. The molecule has 4 heterocycles. The Hall–Kier alpha value is -1.51. The van der Waals surface area contributed by atoms with Crippen molar-refractivity contribution >= 4 is 59.1 Å². The average molecular weight is 900 g/mol. The molecule has 13 nitrogen and oxygen atoms in total. The van der Waals surface area contributed by atoms with Crippen molar-refractivity contribution < 1.29 is 31.6 Å². The zero-order valence-electron chi connectivity index (χ0n) is 38.0. The van der Waals surface area contributed by atoms with E-state index < -0.39 is 57.1 Å². The van der Waals surface area contributed by atoms with Gasteiger partial charge in [-0.25, -0.2) is 14.0 Å². The summed E-state index contributed by atoms with van der Waals surface area (Å²) in [4.78, 5) is 15.1. The minimum absolute atomic E-state index is 0.0475. The van der Waals surface area contributed by atoms with Crippen LogP contribution in [-0.4, -0.2) is 78.1 Å². The minimum Gasteiger partial charge on any atom is -0.598 e. The number of hydrogen-bond donors (Lipinski definition) is 2. The fraction of sp³-hybridized carbons (Fsp3) is 0.750. The molecule has 0 aromatic carbocycles. The van der Waals surface area contributed by atoms with Crippen LogP contribution < -0.4 is 28.5 Å². The Bertz CT molecular complexity index is 1600. The predicted octanol–water partition coefficient (Wildman–Crippen LogP) is 9.59. The van der Waals surface area contributed by atoms with Gasteiger partial charge in [0.05, 0.1) is 35.4 Å². The quantitative estimate of drug-likeness (QED) is 0.0934. The van der Waals surface area contributed by atoms with Crippen molar-refractivity contribution in [2.24, 2.45) is 0 Å². The van der Waals surface area contributed by atoms with Crippen molar-refractivity contribution in [1.29, 1.82) is 0 Å². The first-order valence-electron chi connectivity index (χ1n) is 20.5. The third-order valence-electron chi connectivity index (χ3n) is 11.8. The molecule has 0 saturated heterocycles. The number of aromatic nitrogens is 2. The van der Waals surface area contributed by atoms with Crippen LogP contribution in [-0.2, 0) is 36.1 Å². The van der Waals surface area contributed by atoms with Gasteiger partial charge in [-0.05, 0) is 114 Å². The number of pyridine rings is 2. The third kappa shape index (κ3) is 12.8. The van der Waals surface area contributed by atoms with Crippen LogP contribution in [0.5, 0.6) is 11.8 Å². The molecule has 0 saturated carbocycles. The molecule has 2 aliphatic rings. The molecule has 58 heavy (non-hydrogen) atoms. The van der Waals surface area contributed by atoms with Gasteiger partial charge >= 0.3 is 8.25 Å². The Labute approximate surface area is 358 Å². The van der Waals surface area contributed by atoms with Crippen molar-refractivity contribution in [3.63, 3.8) is 0 Å². The molecular weight excluding hydrogens is 828 g/mol. The molecule has 2 N–H and O–H groups in total. The van der Waals surface area contributed by atoms with E-state index in [1.807, 2.05) is 58.7 Å². The lowest BCUT2D eigenvalue weighted by atomic mass is 9.92. The molecule has 5 atom stereocenters. The average Bonchev–Trinajstić information content (AvgIpc) is 3.07. The van der Waals surface area contributed by atoms with E-state index in [0.717, 1.165) is 36.2 Å². The van der Waals surface area contributed by atoms with E-state index in [0.29, 0.717) is 38.7 Å². The molecule has 2 aliphatic heterocycles. The van der Waals surface area contributed by atoms with Gasteiger partial charge in [0.15, 0.2) is 16.6 Å². The van der Waals surface area contributed by atoms with Crippen LogP contribution in [0.25, 0.3) is 0 Å².